The second-order valence-electron chi connectivity index (χ2n) is 15.7. The Labute approximate surface area is 370 Å². The van der Waals surface area contributed by atoms with Crippen molar-refractivity contribution in [3.8, 4) is 44.5 Å². The molecule has 2 heterocycles. The molecule has 10 aromatic carbocycles. The van der Waals surface area contributed by atoms with Crippen LogP contribution in [-0.4, -0.2) is 0 Å². The molecular weight excluding hydrogens is 789 g/mol. The van der Waals surface area contributed by atoms with Crippen LogP contribution in [0.5, 0.6) is 0 Å². The smallest absolute Gasteiger partial charge is 0.0473 e. The molecule has 0 bridgehead atoms. The zero-order valence-electron chi connectivity index (χ0n) is 33.7. The van der Waals surface area contributed by atoms with Crippen LogP contribution >= 0.6 is 23.5 Å². The van der Waals surface area contributed by atoms with Crippen LogP contribution in [0.25, 0.3) is 55.3 Å². The molecule has 0 radical (unpaired) electrons. The number of hydrogen-bond acceptors (Lipinski definition) is 4. The zero-order chi connectivity index (χ0) is 41.0. The normalized spacial score (nSPS) is 12.1. The molecule has 0 N–H and O–H groups in total. The summed E-state index contributed by atoms with van der Waals surface area (Å²) in [7, 11) is 0. The second kappa shape index (κ2) is 15.3. The molecule has 0 unspecified atom stereocenters. The highest BCUT2D eigenvalue weighted by molar-refractivity contribution is 8.00. The summed E-state index contributed by atoms with van der Waals surface area (Å²) in [5, 5.41) is 2.71. The van der Waals surface area contributed by atoms with E-state index in [1.807, 2.05) is 23.5 Å². The molecular formula is C58H38N2S2. The van der Waals surface area contributed by atoms with Crippen LogP contribution < -0.4 is 9.80 Å². The second-order valence-corrected chi connectivity index (χ2v) is 17.9. The number of hydrogen-bond donors (Lipinski definition) is 0. The lowest BCUT2D eigenvalue weighted by molar-refractivity contribution is 1.25. The van der Waals surface area contributed by atoms with Gasteiger partial charge in [-0.3, -0.25) is 0 Å². The fraction of sp³-hybridized carbons (Fsp3) is 0. The summed E-state index contributed by atoms with van der Waals surface area (Å²) in [4.78, 5) is 9.88. The molecule has 2 aliphatic rings. The van der Waals surface area contributed by atoms with E-state index >= 15 is 0 Å². The van der Waals surface area contributed by atoms with Crippen molar-refractivity contribution in [2.45, 2.75) is 19.6 Å². The summed E-state index contributed by atoms with van der Waals surface area (Å²) in [6.07, 6.45) is 0. The van der Waals surface area contributed by atoms with Crippen LogP contribution in [0.15, 0.2) is 250 Å². The molecule has 0 saturated carbocycles. The summed E-state index contributed by atoms with van der Waals surface area (Å²) in [6.45, 7) is 0. The topological polar surface area (TPSA) is 6.48 Å². The van der Waals surface area contributed by atoms with Crippen molar-refractivity contribution in [1.82, 2.24) is 0 Å². The predicted molar refractivity (Wildman–Crippen MR) is 263 cm³/mol. The molecule has 10 aromatic rings. The van der Waals surface area contributed by atoms with Crippen LogP contribution in [-0.2, 0) is 0 Å². The van der Waals surface area contributed by atoms with Crippen molar-refractivity contribution in [1.29, 1.82) is 0 Å². The highest BCUT2D eigenvalue weighted by atomic mass is 32.2. The molecule has 0 spiro atoms. The average Bonchev–Trinajstić information content (AvgIpc) is 3.34. The lowest BCUT2D eigenvalue weighted by Gasteiger charge is -2.30. The van der Waals surface area contributed by atoms with Crippen LogP contribution in [0, 0.1) is 0 Å². The van der Waals surface area contributed by atoms with Gasteiger partial charge < -0.3 is 9.80 Å². The Morgan fingerprint density at radius 2 is 0.532 bits per heavy atom. The molecule has 0 atom stereocenters. The first kappa shape index (κ1) is 36.6. The zero-order valence-corrected chi connectivity index (χ0v) is 35.3. The number of fused-ring (bicyclic) bond motifs is 4. The number of anilines is 6. The molecule has 2 aliphatic heterocycles. The fourth-order valence-corrected chi connectivity index (χ4v) is 11.4. The van der Waals surface area contributed by atoms with E-state index in [-0.39, 0.29) is 0 Å². The highest BCUT2D eigenvalue weighted by Crippen LogP contribution is 2.57. The Morgan fingerprint density at radius 3 is 0.919 bits per heavy atom. The summed E-state index contributed by atoms with van der Waals surface area (Å²) >= 11 is 3.78. The van der Waals surface area contributed by atoms with E-state index in [1.165, 1.54) is 74.9 Å². The van der Waals surface area contributed by atoms with Crippen molar-refractivity contribution in [2.24, 2.45) is 0 Å². The van der Waals surface area contributed by atoms with E-state index in [9.17, 15) is 0 Å². The molecule has 12 rings (SSSR count). The van der Waals surface area contributed by atoms with Crippen LogP contribution in [0.1, 0.15) is 0 Å². The molecule has 292 valence electrons. The third-order valence-corrected chi connectivity index (χ3v) is 14.3. The number of para-hydroxylation sites is 2. The van der Waals surface area contributed by atoms with Gasteiger partial charge in [-0.05, 0) is 129 Å². The maximum absolute atomic E-state index is 2.37. The summed E-state index contributed by atoms with van der Waals surface area (Å²) < 4.78 is 0. The largest absolute Gasteiger partial charge is 0.310 e. The minimum Gasteiger partial charge on any atom is -0.310 e. The Balaban J connectivity index is 0.907. The van der Waals surface area contributed by atoms with Gasteiger partial charge in [0.05, 0.1) is 0 Å². The Morgan fingerprint density at radius 1 is 0.226 bits per heavy atom. The molecule has 0 aliphatic carbocycles. The van der Waals surface area contributed by atoms with Crippen LogP contribution in [0.2, 0.25) is 0 Å². The lowest BCUT2D eigenvalue weighted by atomic mass is 9.91. The maximum Gasteiger partial charge on any atom is 0.0473 e. The van der Waals surface area contributed by atoms with Gasteiger partial charge in [-0.25, -0.2) is 0 Å². The predicted octanol–water partition coefficient (Wildman–Crippen LogP) is 17.4. The molecule has 62 heavy (non-hydrogen) atoms. The minimum atomic E-state index is 1.13. The van der Waals surface area contributed by atoms with Gasteiger partial charge in [-0.2, -0.15) is 0 Å². The standard InChI is InChI=1S/C58H38N2S2/c1-5-13-39(14-6-1)41-21-25-45(26-22-41)59(43-17-9-3-10-18-43)47-29-31-49-51-33-34-52-50-32-30-48(38-56(50)62-54-36-35-53(57(51)58(52)54)61-55(49)37-47)60(44-19-11-4-12-20-44)46-27-23-42(24-28-46)40-15-7-2-8-16-40/h1-38H. The van der Waals surface area contributed by atoms with Crippen molar-refractivity contribution in [3.63, 3.8) is 0 Å². The molecule has 0 fully saturated rings. The number of benzene rings is 10. The first-order valence-electron chi connectivity index (χ1n) is 21.0. The third-order valence-electron chi connectivity index (χ3n) is 12.0. The van der Waals surface area contributed by atoms with E-state index < -0.39 is 0 Å². The van der Waals surface area contributed by atoms with E-state index in [4.69, 9.17) is 0 Å². The van der Waals surface area contributed by atoms with Gasteiger partial charge in [0.1, 0.15) is 0 Å². The first-order valence-corrected chi connectivity index (χ1v) is 22.6. The van der Waals surface area contributed by atoms with Gasteiger partial charge in [-0.15, -0.1) is 0 Å². The SMILES string of the molecule is c1ccc(-c2ccc(N(c3ccccc3)c3ccc4c(c3)Sc3ccc5c6c(ccc-4c36)-c3ccc(N(c4ccccc4)c4ccc(-c6ccccc6)cc4)cc3S5)cc2)cc1. The Bertz CT molecular complexity index is 3040. The summed E-state index contributed by atoms with van der Waals surface area (Å²) in [5.74, 6) is 0. The average molecular weight is 827 g/mol. The van der Waals surface area contributed by atoms with Crippen molar-refractivity contribution >= 4 is 68.4 Å². The minimum absolute atomic E-state index is 1.13. The summed E-state index contributed by atoms with van der Waals surface area (Å²) in [6, 6.07) is 83.8. The Hall–Kier alpha value is -7.24. The maximum atomic E-state index is 2.37. The quantitative estimate of drug-likeness (QED) is 0.150. The van der Waals surface area contributed by atoms with Crippen molar-refractivity contribution in [2.75, 3.05) is 9.80 Å². The molecule has 2 nitrogen and oxygen atoms in total. The number of nitrogens with zero attached hydrogens (tertiary/aromatic N) is 2. The first-order chi connectivity index (χ1) is 30.7. The van der Waals surface area contributed by atoms with Gasteiger partial charge in [-0.1, -0.05) is 169 Å². The van der Waals surface area contributed by atoms with Crippen LogP contribution in [0.3, 0.4) is 0 Å². The Kier molecular flexibility index (Phi) is 9.06. The van der Waals surface area contributed by atoms with Crippen LogP contribution in [0.4, 0.5) is 34.1 Å². The highest BCUT2D eigenvalue weighted by Gasteiger charge is 2.28. The van der Waals surface area contributed by atoms with Gasteiger partial charge in [0.2, 0.25) is 0 Å². The third kappa shape index (κ3) is 6.39. The molecule has 0 amide bonds. The van der Waals surface area contributed by atoms with Crippen molar-refractivity contribution < 1.29 is 0 Å². The molecule has 0 aromatic heterocycles. The van der Waals surface area contributed by atoms with Gasteiger partial charge >= 0.3 is 0 Å². The number of rotatable bonds is 8. The fourth-order valence-electron chi connectivity index (χ4n) is 9.12. The van der Waals surface area contributed by atoms with E-state index in [0.29, 0.717) is 0 Å². The monoisotopic (exact) mass is 826 g/mol. The van der Waals surface area contributed by atoms with Gasteiger partial charge in [0.25, 0.3) is 0 Å². The van der Waals surface area contributed by atoms with Gasteiger partial charge in [0.15, 0.2) is 0 Å². The van der Waals surface area contributed by atoms with Crippen molar-refractivity contribution in [3.05, 3.63) is 231 Å². The lowest BCUT2D eigenvalue weighted by Crippen LogP contribution is -2.10. The van der Waals surface area contributed by atoms with Gasteiger partial charge in [0, 0.05) is 64.5 Å². The summed E-state index contributed by atoms with van der Waals surface area (Å²) in [5.41, 5.74) is 16.8. The molecule has 4 heteroatoms. The van der Waals surface area contributed by atoms with E-state index in [1.54, 1.807) is 0 Å². The van der Waals surface area contributed by atoms with E-state index in [0.717, 1.165) is 34.1 Å². The van der Waals surface area contributed by atoms with E-state index in [2.05, 4.69) is 240 Å². The molecule has 0 saturated heterocycles.